The van der Waals surface area contributed by atoms with Gasteiger partial charge in [-0.2, -0.15) is 13.2 Å². The molecule has 5 heteroatoms. The number of fused-ring (bicyclic) bond motifs is 1. The van der Waals surface area contributed by atoms with Gasteiger partial charge in [0.2, 0.25) is 0 Å². The molecule has 2 rings (SSSR count). The maximum absolute atomic E-state index is 11.9. The quantitative estimate of drug-likeness (QED) is 0.817. The van der Waals surface area contributed by atoms with E-state index >= 15 is 0 Å². The summed E-state index contributed by atoms with van der Waals surface area (Å²) in [5.41, 5.74) is 2.43. The first-order chi connectivity index (χ1) is 8.06. The minimum Gasteiger partial charge on any atom is -0.370 e. The largest absolute Gasteiger partial charge is 0.401 e. The number of halogens is 3. The van der Waals surface area contributed by atoms with Crippen LogP contribution in [0, 0.1) is 0 Å². The molecule has 1 aliphatic rings. The molecule has 0 aromatic heterocycles. The minimum atomic E-state index is -4.12. The first-order valence-corrected chi connectivity index (χ1v) is 5.66. The molecule has 2 nitrogen and oxygen atoms in total. The van der Waals surface area contributed by atoms with Gasteiger partial charge < -0.3 is 10.2 Å². The van der Waals surface area contributed by atoms with Crippen molar-refractivity contribution >= 4 is 5.69 Å². The zero-order valence-corrected chi connectivity index (χ0v) is 9.43. The van der Waals surface area contributed by atoms with Crippen molar-refractivity contribution in [3.05, 3.63) is 29.8 Å². The molecule has 1 heterocycles. The van der Waals surface area contributed by atoms with Crippen molar-refractivity contribution in [2.45, 2.75) is 12.6 Å². The van der Waals surface area contributed by atoms with Gasteiger partial charge in [-0.1, -0.05) is 18.2 Å². The van der Waals surface area contributed by atoms with E-state index in [0.717, 1.165) is 18.7 Å². The molecule has 1 N–H and O–H groups in total. The third kappa shape index (κ3) is 3.36. The molecule has 1 aromatic carbocycles. The van der Waals surface area contributed by atoms with Crippen molar-refractivity contribution in [2.24, 2.45) is 0 Å². The summed E-state index contributed by atoms with van der Waals surface area (Å²) >= 11 is 0. The van der Waals surface area contributed by atoms with E-state index in [1.54, 1.807) is 0 Å². The van der Waals surface area contributed by atoms with Crippen LogP contribution >= 0.6 is 0 Å². The van der Waals surface area contributed by atoms with Crippen LogP contribution in [0.1, 0.15) is 5.56 Å². The van der Waals surface area contributed by atoms with E-state index in [-0.39, 0.29) is 0 Å². The fourth-order valence-corrected chi connectivity index (χ4v) is 2.08. The monoisotopic (exact) mass is 244 g/mol. The number of anilines is 1. The summed E-state index contributed by atoms with van der Waals surface area (Å²) in [4.78, 5) is 2.12. The molecule has 0 bridgehead atoms. The average molecular weight is 244 g/mol. The molecule has 0 radical (unpaired) electrons. The van der Waals surface area contributed by atoms with Crippen molar-refractivity contribution in [3.63, 3.8) is 0 Å². The van der Waals surface area contributed by atoms with Crippen LogP contribution in [0.4, 0.5) is 18.9 Å². The molecule has 0 aliphatic carbocycles. The van der Waals surface area contributed by atoms with Crippen LogP contribution in [0.2, 0.25) is 0 Å². The van der Waals surface area contributed by atoms with E-state index in [0.29, 0.717) is 13.1 Å². The van der Waals surface area contributed by atoms with Crippen LogP contribution in [0.25, 0.3) is 0 Å². The van der Waals surface area contributed by atoms with Crippen molar-refractivity contribution in [3.8, 4) is 0 Å². The first kappa shape index (κ1) is 12.2. The van der Waals surface area contributed by atoms with E-state index in [2.05, 4.69) is 16.3 Å². The topological polar surface area (TPSA) is 15.3 Å². The zero-order valence-electron chi connectivity index (χ0n) is 9.43. The van der Waals surface area contributed by atoms with E-state index in [4.69, 9.17) is 0 Å². The predicted molar refractivity (Wildman–Crippen MR) is 61.3 cm³/mol. The highest BCUT2D eigenvalue weighted by Gasteiger charge is 2.26. The highest BCUT2D eigenvalue weighted by Crippen LogP contribution is 2.26. The highest BCUT2D eigenvalue weighted by atomic mass is 19.4. The lowest BCUT2D eigenvalue weighted by atomic mass is 10.2. The van der Waals surface area contributed by atoms with Crippen LogP contribution in [0.15, 0.2) is 24.3 Å². The number of benzene rings is 1. The second-order valence-corrected chi connectivity index (χ2v) is 4.16. The lowest BCUT2D eigenvalue weighted by molar-refractivity contribution is -0.124. The Bertz CT molecular complexity index is 376. The summed E-state index contributed by atoms with van der Waals surface area (Å²) in [6.45, 7) is 0.955. The predicted octanol–water partition coefficient (Wildman–Crippen LogP) is 2.20. The Labute approximate surface area is 98.4 Å². The van der Waals surface area contributed by atoms with Crippen LogP contribution in [-0.2, 0) is 6.42 Å². The second kappa shape index (κ2) is 4.96. The van der Waals surface area contributed by atoms with Gasteiger partial charge >= 0.3 is 6.18 Å². The maximum Gasteiger partial charge on any atom is 0.401 e. The Balaban J connectivity index is 1.78. The second-order valence-electron chi connectivity index (χ2n) is 4.16. The normalized spacial score (nSPS) is 15.1. The molecule has 94 valence electrons. The number of hydrogen-bond donors (Lipinski definition) is 1. The van der Waals surface area contributed by atoms with E-state index < -0.39 is 12.7 Å². The maximum atomic E-state index is 11.9. The molecule has 0 saturated heterocycles. The number of nitrogens with zero attached hydrogens (tertiary/aromatic N) is 1. The lowest BCUT2D eigenvalue weighted by Crippen LogP contribution is -2.35. The molecule has 1 aliphatic heterocycles. The fourth-order valence-electron chi connectivity index (χ4n) is 2.08. The van der Waals surface area contributed by atoms with Crippen LogP contribution in [0.5, 0.6) is 0 Å². The van der Waals surface area contributed by atoms with Gasteiger partial charge in [-0.3, -0.25) is 0 Å². The van der Waals surface area contributed by atoms with Gasteiger partial charge in [0.15, 0.2) is 0 Å². The first-order valence-electron chi connectivity index (χ1n) is 5.66. The zero-order chi connectivity index (χ0) is 12.3. The fraction of sp³-hybridized carbons (Fsp3) is 0.500. The molecule has 0 saturated carbocycles. The summed E-state index contributed by atoms with van der Waals surface area (Å²) in [7, 11) is 0. The van der Waals surface area contributed by atoms with E-state index in [9.17, 15) is 13.2 Å². The Hall–Kier alpha value is -1.23. The standard InChI is InChI=1S/C12H15F3N2/c13-12(14,15)9-16-6-8-17-7-5-10-3-1-2-4-11(10)17/h1-4,16H,5-9H2. The number of rotatable bonds is 4. The molecule has 17 heavy (non-hydrogen) atoms. The van der Waals surface area contributed by atoms with Crippen LogP contribution in [-0.4, -0.2) is 32.4 Å². The summed E-state index contributed by atoms with van der Waals surface area (Å²) in [5, 5.41) is 2.42. The summed E-state index contributed by atoms with van der Waals surface area (Å²) in [6, 6.07) is 8.04. The molecule has 1 aromatic rings. The number of alkyl halides is 3. The lowest BCUT2D eigenvalue weighted by Gasteiger charge is -2.19. The Morgan fingerprint density at radius 3 is 2.76 bits per heavy atom. The van der Waals surface area contributed by atoms with Gasteiger partial charge in [-0.15, -0.1) is 0 Å². The Kier molecular flexibility index (Phi) is 3.57. The molecule has 0 spiro atoms. The number of nitrogens with one attached hydrogen (secondary N) is 1. The van der Waals surface area contributed by atoms with E-state index in [1.165, 1.54) is 5.56 Å². The summed E-state index contributed by atoms with van der Waals surface area (Å²) < 4.78 is 35.8. The Morgan fingerprint density at radius 2 is 2.00 bits per heavy atom. The third-order valence-electron chi connectivity index (χ3n) is 2.87. The van der Waals surface area contributed by atoms with Gasteiger partial charge in [0, 0.05) is 25.3 Å². The van der Waals surface area contributed by atoms with Crippen molar-refractivity contribution in [1.82, 2.24) is 5.32 Å². The smallest absolute Gasteiger partial charge is 0.370 e. The molecular weight excluding hydrogens is 229 g/mol. The molecule has 0 amide bonds. The molecule has 0 atom stereocenters. The Morgan fingerprint density at radius 1 is 1.24 bits per heavy atom. The molecule has 0 fully saturated rings. The average Bonchev–Trinajstić information content (AvgIpc) is 2.67. The van der Waals surface area contributed by atoms with Gasteiger partial charge in [0.05, 0.1) is 6.54 Å². The number of hydrogen-bond acceptors (Lipinski definition) is 2. The van der Waals surface area contributed by atoms with Gasteiger partial charge in [-0.05, 0) is 18.1 Å². The van der Waals surface area contributed by atoms with Crippen LogP contribution < -0.4 is 10.2 Å². The number of para-hydroxylation sites is 1. The van der Waals surface area contributed by atoms with Gasteiger partial charge in [0.1, 0.15) is 0 Å². The summed E-state index contributed by atoms with van der Waals surface area (Å²) in [5.74, 6) is 0. The summed E-state index contributed by atoms with van der Waals surface area (Å²) in [6.07, 6.45) is -3.14. The van der Waals surface area contributed by atoms with Gasteiger partial charge in [-0.25, -0.2) is 0 Å². The van der Waals surface area contributed by atoms with Crippen molar-refractivity contribution in [2.75, 3.05) is 31.1 Å². The molecule has 0 unspecified atom stereocenters. The molecular formula is C12H15F3N2. The minimum absolute atomic E-state index is 0.355. The van der Waals surface area contributed by atoms with E-state index in [1.807, 2.05) is 18.2 Å². The van der Waals surface area contributed by atoms with Crippen molar-refractivity contribution < 1.29 is 13.2 Å². The van der Waals surface area contributed by atoms with Gasteiger partial charge in [0.25, 0.3) is 0 Å². The van der Waals surface area contributed by atoms with Crippen LogP contribution in [0.3, 0.4) is 0 Å². The third-order valence-corrected chi connectivity index (χ3v) is 2.87. The SMILES string of the molecule is FC(F)(F)CNCCN1CCc2ccccc21. The van der Waals surface area contributed by atoms with Crippen molar-refractivity contribution in [1.29, 1.82) is 0 Å². The highest BCUT2D eigenvalue weighted by molar-refractivity contribution is 5.57.